The zero-order valence-corrected chi connectivity index (χ0v) is 22.1. The number of rotatable bonds is 10. The Morgan fingerprint density at radius 1 is 1.18 bits per heavy atom. The van der Waals surface area contributed by atoms with Crippen molar-refractivity contribution in [1.82, 2.24) is 20.2 Å². The molecule has 0 unspecified atom stereocenters. The van der Waals surface area contributed by atoms with Gasteiger partial charge in [0, 0.05) is 23.2 Å². The second kappa shape index (κ2) is 11.7. The summed E-state index contributed by atoms with van der Waals surface area (Å²) in [7, 11) is 0. The maximum Gasteiger partial charge on any atom is 0.296 e. The lowest BCUT2D eigenvalue weighted by atomic mass is 10.0. The number of hydrogen-bond acceptors (Lipinski definition) is 6. The van der Waals surface area contributed by atoms with Crippen molar-refractivity contribution in [3.8, 4) is 16.9 Å². The van der Waals surface area contributed by atoms with Crippen LogP contribution in [0.25, 0.3) is 11.1 Å². The third kappa shape index (κ3) is 7.36. The van der Waals surface area contributed by atoms with Gasteiger partial charge in [0.05, 0.1) is 12.2 Å². The second-order valence-electron chi connectivity index (χ2n) is 9.66. The van der Waals surface area contributed by atoms with Gasteiger partial charge in [-0.1, -0.05) is 23.7 Å². The van der Waals surface area contributed by atoms with Gasteiger partial charge < -0.3 is 15.2 Å². The number of pyridine rings is 1. The van der Waals surface area contributed by atoms with Gasteiger partial charge in [-0.2, -0.15) is 0 Å². The first-order valence-corrected chi connectivity index (χ1v) is 12.5. The Morgan fingerprint density at radius 2 is 2.00 bits per heavy atom. The predicted octanol–water partition coefficient (Wildman–Crippen LogP) is 5.74. The van der Waals surface area contributed by atoms with Crippen LogP contribution in [0.4, 0.5) is 10.2 Å². The van der Waals surface area contributed by atoms with Gasteiger partial charge in [0.2, 0.25) is 5.82 Å². The topological polar surface area (TPSA) is 113 Å². The molecule has 4 aromatic rings. The summed E-state index contributed by atoms with van der Waals surface area (Å²) in [5, 5.41) is 19.8. The minimum Gasteiger partial charge on any atom is -0.494 e. The number of amides is 1. The van der Waals surface area contributed by atoms with Crippen molar-refractivity contribution in [2.45, 2.75) is 45.6 Å². The second-order valence-corrected chi connectivity index (χ2v) is 10.1. The molecule has 0 saturated carbocycles. The van der Waals surface area contributed by atoms with E-state index in [2.05, 4.69) is 25.5 Å². The number of carbonyl (C=O) groups excluding carboxylic acids is 1. The molecule has 0 fully saturated rings. The highest BCUT2D eigenvalue weighted by atomic mass is 35.5. The number of hydrogen-bond donors (Lipinski definition) is 3. The zero-order chi connectivity index (χ0) is 27.3. The predicted molar refractivity (Wildman–Crippen MR) is 144 cm³/mol. The lowest BCUT2D eigenvalue weighted by molar-refractivity contribution is 0.0641. The molecule has 3 N–H and O–H groups in total. The van der Waals surface area contributed by atoms with Crippen LogP contribution in [0.2, 0.25) is 5.02 Å². The van der Waals surface area contributed by atoms with Crippen molar-refractivity contribution >= 4 is 23.3 Å². The fraction of sp³-hybridized carbons (Fsp3) is 0.286. The van der Waals surface area contributed by atoms with Crippen LogP contribution in [0, 0.1) is 12.7 Å². The summed E-state index contributed by atoms with van der Waals surface area (Å²) >= 11 is 6.45. The third-order valence-corrected chi connectivity index (χ3v) is 6.11. The maximum atomic E-state index is 13.5. The number of anilines is 1. The summed E-state index contributed by atoms with van der Waals surface area (Å²) in [5.74, 6) is 0.596. The molecule has 0 spiro atoms. The zero-order valence-electron chi connectivity index (χ0n) is 21.4. The summed E-state index contributed by atoms with van der Waals surface area (Å²) in [4.78, 5) is 21.2. The van der Waals surface area contributed by atoms with Crippen LogP contribution in [0.5, 0.6) is 5.75 Å². The molecule has 2 aromatic heterocycles. The Morgan fingerprint density at radius 3 is 2.76 bits per heavy atom. The number of halogens is 2. The van der Waals surface area contributed by atoms with E-state index >= 15 is 0 Å². The van der Waals surface area contributed by atoms with Crippen LogP contribution in [0.1, 0.15) is 54.3 Å². The number of carbonyl (C=O) groups is 1. The molecule has 0 atom stereocenters. The normalized spacial score (nSPS) is 11.4. The molecule has 1 amide bonds. The highest BCUT2D eigenvalue weighted by Crippen LogP contribution is 2.32. The van der Waals surface area contributed by atoms with Crippen LogP contribution >= 0.6 is 11.6 Å². The molecule has 2 heterocycles. The summed E-state index contributed by atoms with van der Waals surface area (Å²) in [5.41, 5.74) is 2.11. The molecule has 0 saturated heterocycles. The lowest BCUT2D eigenvalue weighted by Gasteiger charge is -2.17. The first-order valence-electron chi connectivity index (χ1n) is 12.2. The number of nitrogens with one attached hydrogen (secondary N) is 2. The van der Waals surface area contributed by atoms with E-state index in [1.54, 1.807) is 63.4 Å². The summed E-state index contributed by atoms with van der Waals surface area (Å²) in [6, 6.07) is 13.6. The Balaban J connectivity index is 1.42. The van der Waals surface area contributed by atoms with E-state index in [1.165, 1.54) is 6.07 Å². The summed E-state index contributed by atoms with van der Waals surface area (Å²) in [6.07, 6.45) is 3.28. The fourth-order valence-electron chi connectivity index (χ4n) is 3.83. The molecule has 10 heteroatoms. The number of H-pyrrole nitrogens is 1. The van der Waals surface area contributed by atoms with Gasteiger partial charge in [-0.05, 0) is 86.7 Å². The van der Waals surface area contributed by atoms with Gasteiger partial charge in [-0.25, -0.2) is 14.4 Å². The van der Waals surface area contributed by atoms with Crippen molar-refractivity contribution in [1.29, 1.82) is 0 Å². The molecule has 2 aromatic carbocycles. The van der Waals surface area contributed by atoms with E-state index in [1.807, 2.05) is 6.07 Å². The van der Waals surface area contributed by atoms with Gasteiger partial charge in [-0.3, -0.25) is 9.89 Å². The molecule has 198 valence electrons. The lowest BCUT2D eigenvalue weighted by Crippen LogP contribution is -2.19. The molecular formula is C28H29ClFN5O3. The smallest absolute Gasteiger partial charge is 0.296 e. The van der Waals surface area contributed by atoms with Crippen molar-refractivity contribution in [3.05, 3.63) is 88.3 Å². The number of nitrogens with zero attached hydrogens (tertiary/aromatic N) is 3. The number of aromatic amines is 1. The van der Waals surface area contributed by atoms with Gasteiger partial charge in [-0.15, -0.1) is 5.10 Å². The SMILES string of the molecule is Cc1cc(Cc2nc(C(=O)Nc3cc(-c4cc(OCCCC(C)(C)O)ccc4Cl)ccn3)n[nH]2)ccc1F. The van der Waals surface area contributed by atoms with Gasteiger partial charge in [0.1, 0.15) is 23.2 Å². The standard InChI is InChI=1S/C28H29ClFN5O3/c1-17-13-18(5-8-23(17)30)14-25-32-26(35-34-25)27(36)33-24-15-19(9-11-31-24)21-16-20(6-7-22(21)29)38-12-4-10-28(2,3)37/h5-9,11,13,15-16,37H,4,10,12,14H2,1-3H3,(H,31,33,36)(H,32,34,35). The number of ether oxygens (including phenoxy) is 1. The van der Waals surface area contributed by atoms with Crippen LogP contribution in [0.15, 0.2) is 54.7 Å². The van der Waals surface area contributed by atoms with Crippen LogP contribution in [-0.4, -0.2) is 43.4 Å². The van der Waals surface area contributed by atoms with Crippen molar-refractivity contribution in [2.75, 3.05) is 11.9 Å². The van der Waals surface area contributed by atoms with E-state index in [-0.39, 0.29) is 11.6 Å². The fourth-order valence-corrected chi connectivity index (χ4v) is 4.06. The Labute approximate surface area is 225 Å². The van der Waals surface area contributed by atoms with Gasteiger partial charge in [0.25, 0.3) is 5.91 Å². The van der Waals surface area contributed by atoms with Gasteiger partial charge in [0.15, 0.2) is 0 Å². The number of aromatic nitrogens is 4. The highest BCUT2D eigenvalue weighted by molar-refractivity contribution is 6.33. The average Bonchev–Trinajstić information content (AvgIpc) is 3.33. The maximum absolute atomic E-state index is 13.5. The molecule has 0 aliphatic rings. The van der Waals surface area contributed by atoms with Crippen molar-refractivity contribution < 1.29 is 19.0 Å². The minimum atomic E-state index is -0.735. The minimum absolute atomic E-state index is 0.0366. The Hall–Kier alpha value is -3.82. The van der Waals surface area contributed by atoms with E-state index < -0.39 is 11.5 Å². The monoisotopic (exact) mass is 537 g/mol. The third-order valence-electron chi connectivity index (χ3n) is 5.78. The highest BCUT2D eigenvalue weighted by Gasteiger charge is 2.16. The van der Waals surface area contributed by atoms with Crippen LogP contribution < -0.4 is 10.1 Å². The molecule has 0 radical (unpaired) electrons. The van der Waals surface area contributed by atoms with Gasteiger partial charge >= 0.3 is 0 Å². The Bertz CT molecular complexity index is 1430. The first-order chi connectivity index (χ1) is 18.1. The number of benzene rings is 2. The summed E-state index contributed by atoms with van der Waals surface area (Å²) < 4.78 is 19.4. The average molecular weight is 538 g/mol. The summed E-state index contributed by atoms with van der Waals surface area (Å²) in [6.45, 7) is 5.68. The molecule has 8 nitrogen and oxygen atoms in total. The first kappa shape index (κ1) is 27.2. The van der Waals surface area contributed by atoms with E-state index in [9.17, 15) is 14.3 Å². The molecule has 0 aliphatic carbocycles. The molecule has 0 bridgehead atoms. The van der Waals surface area contributed by atoms with E-state index in [4.69, 9.17) is 16.3 Å². The number of aryl methyl sites for hydroxylation is 1. The van der Waals surface area contributed by atoms with Crippen molar-refractivity contribution in [2.24, 2.45) is 0 Å². The quantitative estimate of drug-likeness (QED) is 0.222. The van der Waals surface area contributed by atoms with Crippen molar-refractivity contribution in [3.63, 3.8) is 0 Å². The van der Waals surface area contributed by atoms with Crippen LogP contribution in [0.3, 0.4) is 0 Å². The van der Waals surface area contributed by atoms with E-state index in [0.717, 1.165) is 16.7 Å². The molecular weight excluding hydrogens is 509 g/mol. The van der Waals surface area contributed by atoms with Crippen LogP contribution in [-0.2, 0) is 6.42 Å². The molecule has 0 aliphatic heterocycles. The van der Waals surface area contributed by atoms with E-state index in [0.29, 0.717) is 53.8 Å². The Kier molecular flexibility index (Phi) is 8.38. The number of aliphatic hydroxyl groups is 1. The largest absolute Gasteiger partial charge is 0.494 e. The molecule has 4 rings (SSSR count). The molecule has 38 heavy (non-hydrogen) atoms.